The zero-order valence-electron chi connectivity index (χ0n) is 14.0. The summed E-state index contributed by atoms with van der Waals surface area (Å²) in [4.78, 5) is 15.5. The van der Waals surface area contributed by atoms with Gasteiger partial charge in [-0.25, -0.2) is 0 Å². The van der Waals surface area contributed by atoms with E-state index >= 15 is 0 Å². The van der Waals surface area contributed by atoms with Crippen molar-refractivity contribution >= 4 is 22.9 Å². The average Bonchev–Trinajstić information content (AvgIpc) is 3.22. The van der Waals surface area contributed by atoms with Crippen molar-refractivity contribution in [1.82, 2.24) is 15.1 Å². The highest BCUT2D eigenvalue weighted by atomic mass is 32.1. The molecule has 1 aromatic carbocycles. The largest absolute Gasteiger partial charge is 0.378 e. The van der Waals surface area contributed by atoms with Crippen LogP contribution in [0.1, 0.15) is 16.1 Å². The number of amides is 1. The van der Waals surface area contributed by atoms with Gasteiger partial charge >= 0.3 is 0 Å². The van der Waals surface area contributed by atoms with Gasteiger partial charge in [0, 0.05) is 32.4 Å². The Hall–Kier alpha value is -2.60. The van der Waals surface area contributed by atoms with Gasteiger partial charge in [-0.3, -0.25) is 9.48 Å². The zero-order chi connectivity index (χ0) is 17.1. The number of thiophene rings is 1. The van der Waals surface area contributed by atoms with Crippen molar-refractivity contribution in [2.75, 3.05) is 19.0 Å². The lowest BCUT2D eigenvalue weighted by Gasteiger charge is -2.13. The third-order valence-corrected chi connectivity index (χ3v) is 4.65. The number of carbonyl (C=O) groups is 1. The quantitative estimate of drug-likeness (QED) is 0.776. The van der Waals surface area contributed by atoms with Crippen molar-refractivity contribution in [1.29, 1.82) is 0 Å². The summed E-state index contributed by atoms with van der Waals surface area (Å²) < 4.78 is 1.85. The Morgan fingerprint density at radius 1 is 1.25 bits per heavy atom. The second kappa shape index (κ2) is 6.88. The summed E-state index contributed by atoms with van der Waals surface area (Å²) in [5, 5.41) is 9.46. The molecule has 2 heterocycles. The number of rotatable bonds is 5. The molecular formula is C18H20N4OS. The highest BCUT2D eigenvalue weighted by Crippen LogP contribution is 2.24. The first-order chi connectivity index (χ1) is 11.5. The van der Waals surface area contributed by atoms with Gasteiger partial charge in [-0.05, 0) is 35.7 Å². The topological polar surface area (TPSA) is 50.2 Å². The van der Waals surface area contributed by atoms with Crippen molar-refractivity contribution in [2.45, 2.75) is 6.54 Å². The Labute approximate surface area is 145 Å². The van der Waals surface area contributed by atoms with E-state index in [1.165, 1.54) is 4.88 Å². The minimum atomic E-state index is -0.0953. The molecule has 0 aliphatic heterocycles. The van der Waals surface area contributed by atoms with Gasteiger partial charge in [0.25, 0.3) is 5.91 Å². The molecule has 0 atom stereocenters. The van der Waals surface area contributed by atoms with E-state index in [1.54, 1.807) is 11.3 Å². The van der Waals surface area contributed by atoms with Crippen molar-refractivity contribution in [3.05, 3.63) is 59.1 Å². The third-order valence-electron chi connectivity index (χ3n) is 3.76. The molecule has 3 aromatic rings. The molecule has 0 spiro atoms. The van der Waals surface area contributed by atoms with Gasteiger partial charge in [0.1, 0.15) is 0 Å². The van der Waals surface area contributed by atoms with Crippen LogP contribution in [-0.2, 0) is 13.6 Å². The minimum Gasteiger partial charge on any atom is -0.378 e. The van der Waals surface area contributed by atoms with Gasteiger partial charge in [0.05, 0.1) is 22.8 Å². The maximum atomic E-state index is 12.4. The molecule has 124 valence electrons. The van der Waals surface area contributed by atoms with Crippen LogP contribution in [0.5, 0.6) is 0 Å². The number of benzene rings is 1. The lowest BCUT2D eigenvalue weighted by molar-refractivity contribution is 0.0950. The lowest BCUT2D eigenvalue weighted by Crippen LogP contribution is -2.23. The normalized spacial score (nSPS) is 10.6. The molecule has 1 amide bonds. The second-order valence-corrected chi connectivity index (χ2v) is 6.70. The fourth-order valence-corrected chi connectivity index (χ4v) is 3.24. The second-order valence-electron chi connectivity index (χ2n) is 5.75. The van der Waals surface area contributed by atoms with E-state index in [0.717, 1.165) is 17.1 Å². The molecule has 24 heavy (non-hydrogen) atoms. The molecule has 0 unspecified atom stereocenters. The van der Waals surface area contributed by atoms with Crippen LogP contribution in [0.3, 0.4) is 0 Å². The smallest absolute Gasteiger partial charge is 0.251 e. The average molecular weight is 340 g/mol. The SMILES string of the molecule is CN(C)c1cccc(C(=O)NCc2cc(-c3cccs3)n(C)n2)c1. The summed E-state index contributed by atoms with van der Waals surface area (Å²) in [6, 6.07) is 13.7. The van der Waals surface area contributed by atoms with Crippen molar-refractivity contribution in [3.63, 3.8) is 0 Å². The van der Waals surface area contributed by atoms with Crippen LogP contribution < -0.4 is 10.2 Å². The molecule has 0 fully saturated rings. The van der Waals surface area contributed by atoms with Gasteiger partial charge in [-0.1, -0.05) is 12.1 Å². The van der Waals surface area contributed by atoms with Crippen LogP contribution in [0.25, 0.3) is 10.6 Å². The van der Waals surface area contributed by atoms with Crippen LogP contribution >= 0.6 is 11.3 Å². The summed E-state index contributed by atoms with van der Waals surface area (Å²) in [6.45, 7) is 0.407. The highest BCUT2D eigenvalue weighted by molar-refractivity contribution is 7.13. The van der Waals surface area contributed by atoms with E-state index in [-0.39, 0.29) is 5.91 Å². The van der Waals surface area contributed by atoms with Crippen LogP contribution in [-0.4, -0.2) is 29.8 Å². The summed E-state index contributed by atoms with van der Waals surface area (Å²) >= 11 is 1.68. The molecule has 0 saturated carbocycles. The van der Waals surface area contributed by atoms with E-state index in [2.05, 4.69) is 16.5 Å². The van der Waals surface area contributed by atoms with Gasteiger partial charge < -0.3 is 10.2 Å². The Morgan fingerprint density at radius 3 is 2.79 bits per heavy atom. The predicted octanol–water partition coefficient (Wildman–Crippen LogP) is 3.14. The first-order valence-corrected chi connectivity index (χ1v) is 8.55. The Balaban J connectivity index is 1.69. The van der Waals surface area contributed by atoms with Crippen LogP contribution in [0.15, 0.2) is 47.8 Å². The summed E-state index contributed by atoms with van der Waals surface area (Å²) in [7, 11) is 5.83. The molecule has 3 rings (SSSR count). The first-order valence-electron chi connectivity index (χ1n) is 7.67. The molecular weight excluding hydrogens is 320 g/mol. The molecule has 0 aliphatic rings. The van der Waals surface area contributed by atoms with Crippen LogP contribution in [0.4, 0.5) is 5.69 Å². The van der Waals surface area contributed by atoms with Gasteiger partial charge in [0.2, 0.25) is 0 Å². The van der Waals surface area contributed by atoms with Crippen molar-refractivity contribution < 1.29 is 4.79 Å². The number of aryl methyl sites for hydroxylation is 1. The van der Waals surface area contributed by atoms with E-state index in [1.807, 2.05) is 72.5 Å². The molecule has 0 saturated heterocycles. The van der Waals surface area contributed by atoms with E-state index in [0.29, 0.717) is 12.1 Å². The van der Waals surface area contributed by atoms with Crippen molar-refractivity contribution in [3.8, 4) is 10.6 Å². The molecule has 2 aromatic heterocycles. The fraction of sp³-hybridized carbons (Fsp3) is 0.222. The maximum absolute atomic E-state index is 12.4. The number of carbonyl (C=O) groups excluding carboxylic acids is 1. The lowest BCUT2D eigenvalue weighted by atomic mass is 10.2. The summed E-state index contributed by atoms with van der Waals surface area (Å²) in [5.74, 6) is -0.0953. The summed E-state index contributed by atoms with van der Waals surface area (Å²) in [5.41, 5.74) is 3.55. The number of aromatic nitrogens is 2. The van der Waals surface area contributed by atoms with E-state index in [9.17, 15) is 4.79 Å². The van der Waals surface area contributed by atoms with Crippen LogP contribution in [0, 0.1) is 0 Å². The zero-order valence-corrected chi connectivity index (χ0v) is 14.8. The fourth-order valence-electron chi connectivity index (χ4n) is 2.47. The minimum absolute atomic E-state index is 0.0953. The Kier molecular flexibility index (Phi) is 4.66. The molecule has 5 nitrogen and oxygen atoms in total. The number of hydrogen-bond acceptors (Lipinski definition) is 4. The molecule has 6 heteroatoms. The monoisotopic (exact) mass is 340 g/mol. The van der Waals surface area contributed by atoms with E-state index in [4.69, 9.17) is 0 Å². The van der Waals surface area contributed by atoms with Gasteiger partial charge in [-0.15, -0.1) is 11.3 Å². The van der Waals surface area contributed by atoms with E-state index < -0.39 is 0 Å². The number of nitrogens with zero attached hydrogens (tertiary/aromatic N) is 3. The maximum Gasteiger partial charge on any atom is 0.251 e. The third kappa shape index (κ3) is 3.49. The molecule has 0 radical (unpaired) electrons. The first kappa shape index (κ1) is 16.3. The van der Waals surface area contributed by atoms with Gasteiger partial charge in [-0.2, -0.15) is 5.10 Å². The predicted molar refractivity (Wildman–Crippen MR) is 98.5 cm³/mol. The van der Waals surface area contributed by atoms with Gasteiger partial charge in [0.15, 0.2) is 0 Å². The summed E-state index contributed by atoms with van der Waals surface area (Å²) in [6.07, 6.45) is 0. The highest BCUT2D eigenvalue weighted by Gasteiger charge is 2.11. The Bertz CT molecular complexity index is 837. The van der Waals surface area contributed by atoms with Crippen molar-refractivity contribution in [2.24, 2.45) is 7.05 Å². The number of hydrogen-bond donors (Lipinski definition) is 1. The molecule has 1 N–H and O–H groups in total. The number of nitrogens with one attached hydrogen (secondary N) is 1. The standard InChI is InChI=1S/C18H20N4OS/c1-21(2)15-7-4-6-13(10-15)18(23)19-12-14-11-16(22(3)20-14)17-8-5-9-24-17/h4-11H,12H2,1-3H3,(H,19,23). The molecule has 0 aliphatic carbocycles. The number of anilines is 1. The molecule has 0 bridgehead atoms. The Morgan fingerprint density at radius 2 is 2.08 bits per heavy atom. The van der Waals surface area contributed by atoms with Crippen LogP contribution in [0.2, 0.25) is 0 Å².